The van der Waals surface area contributed by atoms with E-state index in [1.807, 2.05) is 27.9 Å². The lowest BCUT2D eigenvalue weighted by Gasteiger charge is -2.35. The topological polar surface area (TPSA) is 54.3 Å². The summed E-state index contributed by atoms with van der Waals surface area (Å²) in [4.78, 5) is 22.0. The van der Waals surface area contributed by atoms with Crippen molar-refractivity contribution < 1.29 is 4.79 Å². The second-order valence-electron chi connectivity index (χ2n) is 7.99. The number of aryl methyl sites for hydroxylation is 1. The lowest BCUT2D eigenvalue weighted by Crippen LogP contribution is -2.49. The predicted octanol–water partition coefficient (Wildman–Crippen LogP) is 3.79. The van der Waals surface area contributed by atoms with Gasteiger partial charge in [0.25, 0.3) is 5.91 Å². The van der Waals surface area contributed by atoms with Gasteiger partial charge in [-0.05, 0) is 66.4 Å². The Morgan fingerprint density at radius 2 is 1.77 bits per heavy atom. The van der Waals surface area contributed by atoms with Gasteiger partial charge in [-0.1, -0.05) is 17.7 Å². The lowest BCUT2D eigenvalue weighted by molar-refractivity contribution is 0.0739. The molecule has 1 fully saturated rings. The summed E-state index contributed by atoms with van der Waals surface area (Å²) in [5.41, 5.74) is 5.22. The first-order valence-corrected chi connectivity index (χ1v) is 11.2. The van der Waals surface area contributed by atoms with Gasteiger partial charge < -0.3 is 9.80 Å². The summed E-state index contributed by atoms with van der Waals surface area (Å²) in [5, 5.41) is 4.79. The van der Waals surface area contributed by atoms with Crippen molar-refractivity contribution in [2.75, 3.05) is 31.1 Å². The quantitative estimate of drug-likeness (QED) is 0.590. The first-order valence-electron chi connectivity index (χ1n) is 10.4. The lowest BCUT2D eigenvalue weighted by atomic mass is 10.1. The van der Waals surface area contributed by atoms with Crippen molar-refractivity contribution in [2.24, 2.45) is 0 Å². The molecule has 3 heterocycles. The molecular weight excluding hydrogens is 442 g/mol. The highest BCUT2D eigenvalue weighted by Crippen LogP contribution is 2.29. The number of carbonyl (C=O) groups excluding carboxylic acids is 1. The Balaban J connectivity index is 1.35. The molecule has 7 heteroatoms. The number of nitrogens with zero attached hydrogens (tertiary/aromatic N) is 5. The summed E-state index contributed by atoms with van der Waals surface area (Å²) in [7, 11) is 0. The molecule has 0 bridgehead atoms. The fraction of sp³-hybridized carbons (Fsp3) is 0.348. The average molecular weight is 466 g/mol. The van der Waals surface area contributed by atoms with E-state index in [1.54, 1.807) is 0 Å². The molecule has 154 valence electrons. The van der Waals surface area contributed by atoms with Gasteiger partial charge in [-0.15, -0.1) is 0 Å². The van der Waals surface area contributed by atoms with Crippen LogP contribution in [0.2, 0.25) is 0 Å². The molecule has 1 aliphatic heterocycles. The Bertz CT molecular complexity index is 1070. The number of rotatable bonds is 3. The van der Waals surface area contributed by atoms with Crippen molar-refractivity contribution in [1.82, 2.24) is 19.7 Å². The first-order chi connectivity index (χ1) is 14.6. The van der Waals surface area contributed by atoms with Crippen LogP contribution in [0.15, 0.2) is 47.1 Å². The third-order valence-electron chi connectivity index (χ3n) is 6.01. The van der Waals surface area contributed by atoms with Gasteiger partial charge in [0.1, 0.15) is 5.82 Å². The van der Waals surface area contributed by atoms with Crippen LogP contribution >= 0.6 is 15.9 Å². The number of halogens is 1. The van der Waals surface area contributed by atoms with Crippen LogP contribution in [0.25, 0.3) is 5.69 Å². The highest BCUT2D eigenvalue weighted by atomic mass is 79.9. The van der Waals surface area contributed by atoms with Crippen LogP contribution in [0, 0.1) is 6.92 Å². The molecule has 2 aromatic heterocycles. The van der Waals surface area contributed by atoms with E-state index in [4.69, 9.17) is 5.10 Å². The summed E-state index contributed by atoms with van der Waals surface area (Å²) in [6.07, 6.45) is 4.81. The van der Waals surface area contributed by atoms with Gasteiger partial charge in [0.05, 0.1) is 5.69 Å². The number of piperazine rings is 1. The molecule has 1 saturated heterocycles. The number of anilines is 1. The number of carbonyl (C=O) groups is 1. The van der Waals surface area contributed by atoms with Crippen molar-refractivity contribution in [2.45, 2.75) is 26.2 Å². The number of benzene rings is 1. The fourth-order valence-electron chi connectivity index (χ4n) is 4.35. The van der Waals surface area contributed by atoms with E-state index in [0.29, 0.717) is 18.8 Å². The maximum absolute atomic E-state index is 13.4. The zero-order valence-corrected chi connectivity index (χ0v) is 18.6. The average Bonchev–Trinajstić information content (AvgIpc) is 3.38. The standard InChI is InChI=1S/C23H24BrN5O/c1-16-5-8-18(9-6-16)29-20-4-2-3-19(20)22(26-29)23(30)28-13-11-27(12-14-28)21-10-7-17(24)15-25-21/h5-10,15H,2-4,11-14H2,1H3. The van der Waals surface area contributed by atoms with Gasteiger partial charge in [0, 0.05) is 48.1 Å². The largest absolute Gasteiger partial charge is 0.353 e. The molecule has 3 aromatic rings. The monoisotopic (exact) mass is 465 g/mol. The number of pyridine rings is 1. The fourth-order valence-corrected chi connectivity index (χ4v) is 4.59. The van der Waals surface area contributed by atoms with Gasteiger partial charge in [-0.25, -0.2) is 9.67 Å². The van der Waals surface area contributed by atoms with Crippen LogP contribution in [-0.2, 0) is 12.8 Å². The molecule has 1 aromatic carbocycles. The molecule has 0 unspecified atom stereocenters. The molecule has 5 rings (SSSR count). The first kappa shape index (κ1) is 19.3. The van der Waals surface area contributed by atoms with E-state index in [9.17, 15) is 4.79 Å². The molecule has 1 amide bonds. The minimum absolute atomic E-state index is 0.0578. The van der Waals surface area contributed by atoms with E-state index in [2.05, 4.69) is 57.0 Å². The minimum atomic E-state index is 0.0578. The van der Waals surface area contributed by atoms with Gasteiger partial charge in [0.15, 0.2) is 5.69 Å². The zero-order chi connectivity index (χ0) is 20.7. The summed E-state index contributed by atoms with van der Waals surface area (Å²) in [6, 6.07) is 12.4. The Morgan fingerprint density at radius 1 is 1.00 bits per heavy atom. The zero-order valence-electron chi connectivity index (χ0n) is 17.0. The third-order valence-corrected chi connectivity index (χ3v) is 6.48. The molecule has 0 spiro atoms. The molecule has 2 aliphatic rings. The summed E-state index contributed by atoms with van der Waals surface area (Å²) in [6.45, 7) is 5.00. The number of aromatic nitrogens is 3. The van der Waals surface area contributed by atoms with E-state index in [0.717, 1.165) is 53.9 Å². The molecule has 1 aliphatic carbocycles. The van der Waals surface area contributed by atoms with Crippen molar-refractivity contribution in [3.05, 3.63) is 69.6 Å². The molecule has 0 saturated carbocycles. The predicted molar refractivity (Wildman–Crippen MR) is 120 cm³/mol. The Kier molecular flexibility index (Phi) is 5.06. The van der Waals surface area contributed by atoms with Gasteiger partial charge in [-0.3, -0.25) is 4.79 Å². The molecule has 0 radical (unpaired) electrons. The highest BCUT2D eigenvalue weighted by molar-refractivity contribution is 9.10. The normalized spacial score (nSPS) is 16.1. The summed E-state index contributed by atoms with van der Waals surface area (Å²) < 4.78 is 2.95. The number of hydrogen-bond acceptors (Lipinski definition) is 4. The van der Waals surface area contributed by atoms with Crippen LogP contribution < -0.4 is 4.90 Å². The van der Waals surface area contributed by atoms with Crippen molar-refractivity contribution in [3.8, 4) is 5.69 Å². The van der Waals surface area contributed by atoms with E-state index < -0.39 is 0 Å². The Labute approximate surface area is 184 Å². The summed E-state index contributed by atoms with van der Waals surface area (Å²) >= 11 is 3.43. The van der Waals surface area contributed by atoms with Gasteiger partial charge in [0.2, 0.25) is 0 Å². The van der Waals surface area contributed by atoms with Crippen LogP contribution in [0.3, 0.4) is 0 Å². The Morgan fingerprint density at radius 3 is 2.47 bits per heavy atom. The third kappa shape index (κ3) is 3.51. The maximum atomic E-state index is 13.4. The summed E-state index contributed by atoms with van der Waals surface area (Å²) in [5.74, 6) is 1.01. The van der Waals surface area contributed by atoms with Crippen molar-refractivity contribution in [3.63, 3.8) is 0 Å². The van der Waals surface area contributed by atoms with Crippen LogP contribution in [-0.4, -0.2) is 51.8 Å². The molecule has 0 atom stereocenters. The van der Waals surface area contributed by atoms with Crippen LogP contribution in [0.1, 0.15) is 33.7 Å². The van der Waals surface area contributed by atoms with E-state index >= 15 is 0 Å². The molecule has 6 nitrogen and oxygen atoms in total. The van der Waals surface area contributed by atoms with Gasteiger partial charge >= 0.3 is 0 Å². The van der Waals surface area contributed by atoms with Crippen molar-refractivity contribution in [1.29, 1.82) is 0 Å². The number of hydrogen-bond donors (Lipinski definition) is 0. The van der Waals surface area contributed by atoms with Gasteiger partial charge in [-0.2, -0.15) is 5.10 Å². The molecule has 0 N–H and O–H groups in total. The number of fused-ring (bicyclic) bond motifs is 1. The SMILES string of the molecule is Cc1ccc(-n2nc(C(=O)N3CCN(c4ccc(Br)cn4)CC3)c3c2CCC3)cc1. The van der Waals surface area contributed by atoms with Crippen molar-refractivity contribution >= 4 is 27.7 Å². The molecular formula is C23H24BrN5O. The van der Waals surface area contributed by atoms with E-state index in [1.165, 1.54) is 11.3 Å². The van der Waals surface area contributed by atoms with E-state index in [-0.39, 0.29) is 5.91 Å². The van der Waals surface area contributed by atoms with Crippen LogP contribution in [0.4, 0.5) is 5.82 Å². The molecule has 30 heavy (non-hydrogen) atoms. The second-order valence-corrected chi connectivity index (χ2v) is 8.90. The maximum Gasteiger partial charge on any atom is 0.274 e. The number of amides is 1. The second kappa shape index (κ2) is 7.87. The van der Waals surface area contributed by atoms with Crippen LogP contribution in [0.5, 0.6) is 0 Å². The Hall–Kier alpha value is -2.67. The smallest absolute Gasteiger partial charge is 0.274 e. The highest BCUT2D eigenvalue weighted by Gasteiger charge is 2.31. The minimum Gasteiger partial charge on any atom is -0.353 e.